The van der Waals surface area contributed by atoms with Crippen LogP contribution in [0.4, 0.5) is 0 Å². The molecule has 0 fully saturated rings. The lowest BCUT2D eigenvalue weighted by atomic mass is 10.3. The molecule has 0 aliphatic rings. The van der Waals surface area contributed by atoms with Crippen molar-refractivity contribution >= 4 is 45.2 Å². The number of ether oxygens (including phenoxy) is 1. The normalized spacial score (nSPS) is 9.73. The zero-order chi connectivity index (χ0) is 8.27. The number of halogens is 2. The van der Waals surface area contributed by atoms with Crippen LogP contribution in [0.3, 0.4) is 0 Å². The molecule has 0 saturated carbocycles. The Hall–Kier alpha value is 0.440. The van der Waals surface area contributed by atoms with Gasteiger partial charge in [-0.1, -0.05) is 0 Å². The van der Waals surface area contributed by atoms with Crippen LogP contribution >= 0.6 is 45.2 Å². The van der Waals surface area contributed by atoms with Crippen molar-refractivity contribution in [2.45, 2.75) is 0 Å². The van der Waals surface area contributed by atoms with E-state index >= 15 is 0 Å². The highest BCUT2D eigenvalue weighted by atomic mass is 127. The molecule has 0 aliphatic carbocycles. The third kappa shape index (κ3) is 2.75. The van der Waals surface area contributed by atoms with E-state index in [0.29, 0.717) is 0 Å². The third-order valence-corrected chi connectivity index (χ3v) is 2.69. The lowest BCUT2D eigenvalue weighted by Crippen LogP contribution is -2.08. The summed E-state index contributed by atoms with van der Waals surface area (Å²) in [7, 11) is 0. The van der Waals surface area contributed by atoms with Gasteiger partial charge in [-0.05, 0) is 63.4 Å². The number of hydrogen-bond donors (Lipinski definition) is 1. The molecule has 0 radical (unpaired) electrons. The molecule has 1 aromatic rings. The van der Waals surface area contributed by atoms with Crippen LogP contribution in [0.1, 0.15) is 0 Å². The van der Waals surface area contributed by atoms with Crippen LogP contribution in [0.5, 0.6) is 5.75 Å². The van der Waals surface area contributed by atoms with Crippen molar-refractivity contribution in [2.75, 3.05) is 6.73 Å². The fourth-order valence-electron chi connectivity index (χ4n) is 0.678. The van der Waals surface area contributed by atoms with Gasteiger partial charge in [-0.2, -0.15) is 0 Å². The molecule has 0 atom stereocenters. The minimum Gasteiger partial charge on any atom is -0.477 e. The van der Waals surface area contributed by atoms with E-state index in [0.717, 1.165) is 12.9 Å². The van der Waals surface area contributed by atoms with Crippen LogP contribution in [0.2, 0.25) is 0 Å². The Labute approximate surface area is 92.8 Å². The van der Waals surface area contributed by atoms with Crippen molar-refractivity contribution < 1.29 is 4.74 Å². The average molecular weight is 375 g/mol. The molecule has 0 spiro atoms. The molecule has 0 amide bonds. The van der Waals surface area contributed by atoms with Gasteiger partial charge in [-0.15, -0.1) is 0 Å². The van der Waals surface area contributed by atoms with Crippen molar-refractivity contribution in [1.82, 2.24) is 0 Å². The molecule has 1 rings (SSSR count). The number of rotatable bonds is 2. The van der Waals surface area contributed by atoms with Gasteiger partial charge in [0, 0.05) is 3.57 Å². The van der Waals surface area contributed by atoms with E-state index < -0.39 is 0 Å². The zero-order valence-electron chi connectivity index (χ0n) is 5.68. The molecule has 0 bridgehead atoms. The smallest absolute Gasteiger partial charge is 0.137 e. The summed E-state index contributed by atoms with van der Waals surface area (Å²) in [6, 6.07) is 6.01. The molecule has 0 heterocycles. The summed E-state index contributed by atoms with van der Waals surface area (Å²) in [5, 5.41) is 0. The topological polar surface area (TPSA) is 35.2 Å². The minimum absolute atomic E-state index is 0.232. The molecule has 0 saturated heterocycles. The first-order valence-electron chi connectivity index (χ1n) is 3.02. The average Bonchev–Trinajstić information content (AvgIpc) is 1.98. The first kappa shape index (κ1) is 9.53. The summed E-state index contributed by atoms with van der Waals surface area (Å²) in [6.07, 6.45) is 0. The van der Waals surface area contributed by atoms with E-state index in [1.807, 2.05) is 18.2 Å². The van der Waals surface area contributed by atoms with Crippen molar-refractivity contribution in [3.8, 4) is 5.75 Å². The molecule has 11 heavy (non-hydrogen) atoms. The molecular formula is C7H7I2NO. The fourth-order valence-corrected chi connectivity index (χ4v) is 1.63. The second-order valence-corrected chi connectivity index (χ2v) is 4.29. The van der Waals surface area contributed by atoms with E-state index in [-0.39, 0.29) is 6.73 Å². The molecular weight excluding hydrogens is 368 g/mol. The SMILES string of the molecule is NCOc1cc(I)ccc1I. The Morgan fingerprint density at radius 1 is 1.36 bits per heavy atom. The molecule has 0 aliphatic heterocycles. The van der Waals surface area contributed by atoms with Gasteiger partial charge in [-0.3, -0.25) is 5.73 Å². The summed E-state index contributed by atoms with van der Waals surface area (Å²) in [4.78, 5) is 0. The molecule has 1 aromatic carbocycles. The quantitative estimate of drug-likeness (QED) is 0.636. The van der Waals surface area contributed by atoms with Crippen LogP contribution in [0, 0.1) is 7.14 Å². The first-order chi connectivity index (χ1) is 5.24. The third-order valence-electron chi connectivity index (χ3n) is 1.13. The van der Waals surface area contributed by atoms with E-state index in [1.165, 1.54) is 0 Å². The Kier molecular flexibility index (Phi) is 3.86. The molecule has 4 heteroatoms. The van der Waals surface area contributed by atoms with Gasteiger partial charge in [0.15, 0.2) is 0 Å². The van der Waals surface area contributed by atoms with Crippen molar-refractivity contribution in [1.29, 1.82) is 0 Å². The highest BCUT2D eigenvalue weighted by Crippen LogP contribution is 2.22. The summed E-state index contributed by atoms with van der Waals surface area (Å²) in [6.45, 7) is 0.232. The highest BCUT2D eigenvalue weighted by molar-refractivity contribution is 14.1. The molecule has 60 valence electrons. The fraction of sp³-hybridized carbons (Fsp3) is 0.143. The minimum atomic E-state index is 0.232. The second-order valence-electron chi connectivity index (χ2n) is 1.89. The van der Waals surface area contributed by atoms with Gasteiger partial charge >= 0.3 is 0 Å². The van der Waals surface area contributed by atoms with Crippen LogP contribution < -0.4 is 10.5 Å². The zero-order valence-corrected chi connectivity index (χ0v) is 10.00. The lowest BCUT2D eigenvalue weighted by Gasteiger charge is -2.04. The summed E-state index contributed by atoms with van der Waals surface area (Å²) in [5.41, 5.74) is 5.25. The van der Waals surface area contributed by atoms with Crippen LogP contribution in [-0.2, 0) is 0 Å². The largest absolute Gasteiger partial charge is 0.477 e. The first-order valence-corrected chi connectivity index (χ1v) is 5.17. The summed E-state index contributed by atoms with van der Waals surface area (Å²) in [5.74, 6) is 0.861. The Balaban J connectivity index is 2.93. The van der Waals surface area contributed by atoms with Crippen molar-refractivity contribution in [2.24, 2.45) is 5.73 Å². The van der Waals surface area contributed by atoms with Crippen molar-refractivity contribution in [3.05, 3.63) is 25.3 Å². The molecule has 2 N–H and O–H groups in total. The molecule has 2 nitrogen and oxygen atoms in total. The standard InChI is InChI=1S/C7H7I2NO/c8-5-1-2-6(9)7(3-5)11-4-10/h1-3H,4,10H2. The molecule has 0 unspecified atom stereocenters. The lowest BCUT2D eigenvalue weighted by molar-refractivity contribution is 0.327. The Morgan fingerprint density at radius 2 is 2.09 bits per heavy atom. The maximum atomic E-state index is 5.25. The Bertz CT molecular complexity index is 252. The van der Waals surface area contributed by atoms with Gasteiger partial charge < -0.3 is 4.74 Å². The second kappa shape index (κ2) is 4.46. The van der Waals surface area contributed by atoms with Gasteiger partial charge in [0.2, 0.25) is 0 Å². The number of nitrogens with two attached hydrogens (primary N) is 1. The maximum absolute atomic E-state index is 5.25. The van der Waals surface area contributed by atoms with E-state index in [4.69, 9.17) is 10.5 Å². The van der Waals surface area contributed by atoms with Gasteiger partial charge in [0.05, 0.1) is 3.57 Å². The van der Waals surface area contributed by atoms with Crippen LogP contribution in [0.15, 0.2) is 18.2 Å². The predicted octanol–water partition coefficient (Wildman–Crippen LogP) is 2.19. The Morgan fingerprint density at radius 3 is 2.73 bits per heavy atom. The monoisotopic (exact) mass is 375 g/mol. The maximum Gasteiger partial charge on any atom is 0.137 e. The molecule has 0 aromatic heterocycles. The van der Waals surface area contributed by atoms with E-state index in [9.17, 15) is 0 Å². The summed E-state index contributed by atoms with van der Waals surface area (Å²) < 4.78 is 7.43. The number of benzene rings is 1. The van der Waals surface area contributed by atoms with Crippen LogP contribution in [-0.4, -0.2) is 6.73 Å². The number of hydrogen-bond acceptors (Lipinski definition) is 2. The van der Waals surface area contributed by atoms with E-state index in [1.54, 1.807) is 0 Å². The van der Waals surface area contributed by atoms with Crippen LogP contribution in [0.25, 0.3) is 0 Å². The van der Waals surface area contributed by atoms with Crippen molar-refractivity contribution in [3.63, 3.8) is 0 Å². The van der Waals surface area contributed by atoms with E-state index in [2.05, 4.69) is 45.2 Å². The highest BCUT2D eigenvalue weighted by Gasteiger charge is 1.99. The van der Waals surface area contributed by atoms with Gasteiger partial charge in [-0.25, -0.2) is 0 Å². The summed E-state index contributed by atoms with van der Waals surface area (Å²) >= 11 is 4.45. The van der Waals surface area contributed by atoms with Gasteiger partial charge in [0.25, 0.3) is 0 Å². The van der Waals surface area contributed by atoms with Gasteiger partial charge in [0.1, 0.15) is 12.5 Å². The predicted molar refractivity (Wildman–Crippen MR) is 61.6 cm³/mol.